The highest BCUT2D eigenvalue weighted by atomic mass is 32.2. The van der Waals surface area contributed by atoms with Crippen LogP contribution in [0.4, 0.5) is 0 Å². The van der Waals surface area contributed by atoms with Gasteiger partial charge in [0.15, 0.2) is 0 Å². The minimum atomic E-state index is -3.53. The zero-order valence-electron chi connectivity index (χ0n) is 14.3. The highest BCUT2D eigenvalue weighted by Gasteiger charge is 2.33. The van der Waals surface area contributed by atoms with Crippen LogP contribution in [0.5, 0.6) is 0 Å². The summed E-state index contributed by atoms with van der Waals surface area (Å²) in [5.74, 6) is 0. The van der Waals surface area contributed by atoms with Gasteiger partial charge in [0.05, 0.1) is 23.3 Å². The predicted octanol–water partition coefficient (Wildman–Crippen LogP) is 2.29. The topological polar surface area (TPSA) is 104 Å². The van der Waals surface area contributed by atoms with Gasteiger partial charge in [-0.15, -0.1) is 11.3 Å². The molecular weight excluding hydrogens is 386 g/mol. The van der Waals surface area contributed by atoms with Gasteiger partial charge in [0.25, 0.3) is 10.0 Å². The van der Waals surface area contributed by atoms with Gasteiger partial charge in [-0.1, -0.05) is 6.07 Å². The summed E-state index contributed by atoms with van der Waals surface area (Å²) in [5.41, 5.74) is 1.90. The lowest BCUT2D eigenvalue weighted by atomic mass is 10.1. The fourth-order valence-corrected chi connectivity index (χ4v) is 6.52. The number of fused-ring (bicyclic) bond motifs is 3. The SMILES string of the molecule is O=c1[nH]c2cnc3[nH]ccc3c2n1C1CCCN(S(=O)(=O)c2cccs2)C1. The zero-order chi connectivity index (χ0) is 18.6. The van der Waals surface area contributed by atoms with Crippen molar-refractivity contribution in [3.63, 3.8) is 0 Å². The molecule has 140 valence electrons. The fourth-order valence-electron chi connectivity index (χ4n) is 3.86. The van der Waals surface area contributed by atoms with Gasteiger partial charge in [0.1, 0.15) is 9.86 Å². The molecule has 0 aromatic carbocycles. The fraction of sp³-hybridized carbons (Fsp3) is 0.294. The first-order chi connectivity index (χ1) is 13.1. The van der Waals surface area contributed by atoms with Gasteiger partial charge < -0.3 is 9.97 Å². The largest absolute Gasteiger partial charge is 0.346 e. The van der Waals surface area contributed by atoms with Gasteiger partial charge in [-0.3, -0.25) is 4.57 Å². The Morgan fingerprint density at radius 1 is 1.30 bits per heavy atom. The Labute approximate surface area is 158 Å². The van der Waals surface area contributed by atoms with Gasteiger partial charge in [0.2, 0.25) is 0 Å². The number of hydrogen-bond donors (Lipinski definition) is 2. The van der Waals surface area contributed by atoms with Crippen molar-refractivity contribution in [2.45, 2.75) is 23.1 Å². The highest BCUT2D eigenvalue weighted by Crippen LogP contribution is 2.31. The van der Waals surface area contributed by atoms with Crippen LogP contribution in [0.15, 0.2) is 45.0 Å². The molecule has 0 spiro atoms. The van der Waals surface area contributed by atoms with Crippen molar-refractivity contribution in [2.24, 2.45) is 0 Å². The molecule has 1 saturated heterocycles. The van der Waals surface area contributed by atoms with Crippen LogP contribution in [-0.2, 0) is 10.0 Å². The highest BCUT2D eigenvalue weighted by molar-refractivity contribution is 7.91. The lowest BCUT2D eigenvalue weighted by Crippen LogP contribution is -2.42. The number of piperidine rings is 1. The molecule has 0 radical (unpaired) electrons. The van der Waals surface area contributed by atoms with Crippen molar-refractivity contribution in [1.82, 2.24) is 23.8 Å². The van der Waals surface area contributed by atoms with Gasteiger partial charge in [-0.2, -0.15) is 4.31 Å². The van der Waals surface area contributed by atoms with Gasteiger partial charge >= 0.3 is 5.69 Å². The molecule has 0 bridgehead atoms. The van der Waals surface area contributed by atoms with Gasteiger partial charge in [0, 0.05) is 24.7 Å². The van der Waals surface area contributed by atoms with E-state index in [1.165, 1.54) is 15.6 Å². The van der Waals surface area contributed by atoms with Crippen LogP contribution >= 0.6 is 11.3 Å². The molecule has 4 aromatic rings. The summed E-state index contributed by atoms with van der Waals surface area (Å²) in [6.07, 6.45) is 4.87. The van der Waals surface area contributed by atoms with E-state index in [-0.39, 0.29) is 18.3 Å². The summed E-state index contributed by atoms with van der Waals surface area (Å²) >= 11 is 1.21. The minimum absolute atomic E-state index is 0.227. The lowest BCUT2D eigenvalue weighted by molar-refractivity contribution is 0.268. The summed E-state index contributed by atoms with van der Waals surface area (Å²) in [6.45, 7) is 0.746. The number of aromatic amines is 2. The maximum atomic E-state index is 12.9. The monoisotopic (exact) mass is 403 g/mol. The molecule has 1 unspecified atom stereocenters. The van der Waals surface area contributed by atoms with E-state index >= 15 is 0 Å². The summed E-state index contributed by atoms with van der Waals surface area (Å²) in [4.78, 5) is 22.9. The average Bonchev–Trinajstić information content (AvgIpc) is 3.40. The molecule has 1 aliphatic rings. The van der Waals surface area contributed by atoms with Crippen LogP contribution in [0.1, 0.15) is 18.9 Å². The lowest BCUT2D eigenvalue weighted by Gasteiger charge is -2.32. The van der Waals surface area contributed by atoms with Crippen molar-refractivity contribution in [3.8, 4) is 0 Å². The molecule has 0 amide bonds. The molecule has 1 fully saturated rings. The van der Waals surface area contributed by atoms with Gasteiger partial charge in [-0.05, 0) is 30.4 Å². The minimum Gasteiger partial charge on any atom is -0.346 e. The summed E-state index contributed by atoms with van der Waals surface area (Å²) in [5, 5.41) is 2.61. The Morgan fingerprint density at radius 3 is 3.00 bits per heavy atom. The van der Waals surface area contributed by atoms with E-state index in [1.54, 1.807) is 34.5 Å². The molecule has 4 aromatic heterocycles. The molecule has 5 heterocycles. The summed E-state index contributed by atoms with van der Waals surface area (Å²) in [7, 11) is -3.53. The maximum absolute atomic E-state index is 12.9. The molecule has 8 nitrogen and oxygen atoms in total. The first-order valence-electron chi connectivity index (χ1n) is 8.65. The van der Waals surface area contributed by atoms with Crippen molar-refractivity contribution in [1.29, 1.82) is 0 Å². The number of aromatic nitrogens is 4. The molecule has 1 aliphatic heterocycles. The first kappa shape index (κ1) is 16.7. The van der Waals surface area contributed by atoms with Gasteiger partial charge in [-0.25, -0.2) is 18.2 Å². The van der Waals surface area contributed by atoms with E-state index in [2.05, 4.69) is 15.0 Å². The number of hydrogen-bond acceptors (Lipinski definition) is 5. The Morgan fingerprint density at radius 2 is 2.19 bits per heavy atom. The van der Waals surface area contributed by atoms with Crippen LogP contribution in [0.25, 0.3) is 22.1 Å². The quantitative estimate of drug-likeness (QED) is 0.548. The Kier molecular flexibility index (Phi) is 3.74. The smallest absolute Gasteiger partial charge is 0.326 e. The summed E-state index contributed by atoms with van der Waals surface area (Å²) in [6, 6.07) is 5.02. The number of nitrogens with one attached hydrogen (secondary N) is 2. The second-order valence-electron chi connectivity index (χ2n) is 6.65. The molecular formula is C17H17N5O3S2. The van der Waals surface area contributed by atoms with Crippen molar-refractivity contribution in [2.75, 3.05) is 13.1 Å². The average molecular weight is 403 g/mol. The van der Waals surface area contributed by atoms with E-state index in [9.17, 15) is 13.2 Å². The van der Waals surface area contributed by atoms with E-state index < -0.39 is 10.0 Å². The number of imidazole rings is 1. The van der Waals surface area contributed by atoms with Crippen LogP contribution in [0, 0.1) is 0 Å². The Bertz CT molecular complexity index is 1280. The Balaban J connectivity index is 1.60. The normalized spacial score (nSPS) is 19.2. The third kappa shape index (κ3) is 2.55. The van der Waals surface area contributed by atoms with Crippen LogP contribution < -0.4 is 5.69 Å². The first-order valence-corrected chi connectivity index (χ1v) is 11.0. The van der Waals surface area contributed by atoms with E-state index in [0.717, 1.165) is 17.3 Å². The molecule has 27 heavy (non-hydrogen) atoms. The molecule has 1 atom stereocenters. The number of rotatable bonds is 3. The molecule has 0 saturated carbocycles. The van der Waals surface area contributed by atoms with Crippen LogP contribution in [0.2, 0.25) is 0 Å². The second kappa shape index (κ2) is 6.04. The molecule has 0 aliphatic carbocycles. The maximum Gasteiger partial charge on any atom is 0.326 e. The summed E-state index contributed by atoms with van der Waals surface area (Å²) < 4.78 is 29.3. The molecule has 5 rings (SSSR count). The number of thiophene rings is 1. The van der Waals surface area contributed by atoms with Crippen molar-refractivity contribution >= 4 is 43.4 Å². The van der Waals surface area contributed by atoms with Crippen molar-refractivity contribution < 1.29 is 8.42 Å². The van der Waals surface area contributed by atoms with Crippen LogP contribution in [0.3, 0.4) is 0 Å². The number of H-pyrrole nitrogens is 2. The number of pyridine rings is 1. The van der Waals surface area contributed by atoms with Crippen molar-refractivity contribution in [3.05, 3.63) is 46.5 Å². The van der Waals surface area contributed by atoms with E-state index in [4.69, 9.17) is 0 Å². The Hall–Kier alpha value is -2.43. The third-order valence-electron chi connectivity index (χ3n) is 5.07. The third-order valence-corrected chi connectivity index (χ3v) is 8.31. The molecule has 2 N–H and O–H groups in total. The number of sulfonamides is 1. The zero-order valence-corrected chi connectivity index (χ0v) is 15.9. The van der Waals surface area contributed by atoms with E-state index in [0.29, 0.717) is 28.3 Å². The second-order valence-corrected chi connectivity index (χ2v) is 9.76. The molecule has 10 heteroatoms. The number of nitrogens with zero attached hydrogens (tertiary/aromatic N) is 3. The standard InChI is InChI=1S/C17H17N5O3S2/c23-17-20-13-9-19-16-12(5-6-18-16)15(13)22(17)11-3-1-7-21(10-11)27(24,25)14-4-2-8-26-14/h2,4-6,8-9,11H,1,3,7,10H2,(H,18,19)(H,20,23). The van der Waals surface area contributed by atoms with E-state index in [1.807, 2.05) is 6.07 Å². The predicted molar refractivity (Wildman–Crippen MR) is 104 cm³/mol. The van der Waals surface area contributed by atoms with Crippen LogP contribution in [-0.4, -0.2) is 45.3 Å².